The fraction of sp³-hybridized carbons (Fsp3) is 0.583. The van der Waals surface area contributed by atoms with Crippen LogP contribution in [0.2, 0.25) is 0 Å². The van der Waals surface area contributed by atoms with Crippen LogP contribution in [0.5, 0.6) is 0 Å². The van der Waals surface area contributed by atoms with Crippen LogP contribution < -0.4 is 4.90 Å². The highest BCUT2D eigenvalue weighted by Gasteiger charge is 2.31. The third-order valence-electron chi connectivity index (χ3n) is 3.17. The highest BCUT2D eigenvalue weighted by atomic mass is 79.9. The van der Waals surface area contributed by atoms with Gasteiger partial charge in [0, 0.05) is 44.3 Å². The van der Waals surface area contributed by atoms with Gasteiger partial charge in [-0.1, -0.05) is 15.9 Å². The third kappa shape index (κ3) is 3.82. The molecule has 0 radical (unpaired) electrons. The number of piperazine rings is 1. The van der Waals surface area contributed by atoms with Gasteiger partial charge in [-0.25, -0.2) is 4.98 Å². The predicted octanol–water partition coefficient (Wildman–Crippen LogP) is 2.62. The molecule has 0 N–H and O–H groups in total. The van der Waals surface area contributed by atoms with Crippen LogP contribution in [0, 0.1) is 0 Å². The maximum Gasteiger partial charge on any atom is 0.417 e. The zero-order chi connectivity index (χ0) is 13.9. The molecule has 1 aliphatic rings. The Bertz CT molecular complexity index is 400. The largest absolute Gasteiger partial charge is 0.417 e. The van der Waals surface area contributed by atoms with E-state index in [-0.39, 0.29) is 0 Å². The smallest absolute Gasteiger partial charge is 0.354 e. The first kappa shape index (κ1) is 14.6. The van der Waals surface area contributed by atoms with Crippen molar-refractivity contribution in [2.75, 3.05) is 43.0 Å². The zero-order valence-corrected chi connectivity index (χ0v) is 11.9. The van der Waals surface area contributed by atoms with Gasteiger partial charge in [0.15, 0.2) is 0 Å². The van der Waals surface area contributed by atoms with Gasteiger partial charge < -0.3 is 4.90 Å². The molecule has 3 nitrogen and oxygen atoms in total. The highest BCUT2D eigenvalue weighted by Crippen LogP contribution is 2.29. The van der Waals surface area contributed by atoms with Gasteiger partial charge in [-0.05, 0) is 12.1 Å². The molecule has 1 aromatic rings. The highest BCUT2D eigenvalue weighted by molar-refractivity contribution is 9.09. The fourth-order valence-corrected chi connectivity index (χ4v) is 2.56. The third-order valence-corrected chi connectivity index (χ3v) is 3.53. The molecule has 0 spiro atoms. The van der Waals surface area contributed by atoms with Gasteiger partial charge in [0.25, 0.3) is 0 Å². The van der Waals surface area contributed by atoms with Gasteiger partial charge >= 0.3 is 6.18 Å². The van der Waals surface area contributed by atoms with Gasteiger partial charge in [0.05, 0.1) is 5.56 Å². The summed E-state index contributed by atoms with van der Waals surface area (Å²) in [5.41, 5.74) is -0.700. The van der Waals surface area contributed by atoms with Crippen molar-refractivity contribution in [2.24, 2.45) is 0 Å². The average molecular weight is 338 g/mol. The van der Waals surface area contributed by atoms with Crippen molar-refractivity contribution >= 4 is 21.7 Å². The number of hydrogen-bond donors (Lipinski definition) is 0. The topological polar surface area (TPSA) is 19.4 Å². The fourth-order valence-electron chi connectivity index (χ4n) is 2.06. The summed E-state index contributed by atoms with van der Waals surface area (Å²) < 4.78 is 37.3. The first-order chi connectivity index (χ1) is 9.00. The molecule has 0 bridgehead atoms. The predicted molar refractivity (Wildman–Crippen MR) is 71.7 cm³/mol. The second kappa shape index (κ2) is 6.09. The van der Waals surface area contributed by atoms with E-state index >= 15 is 0 Å². The lowest BCUT2D eigenvalue weighted by Gasteiger charge is -2.35. The Kier molecular flexibility index (Phi) is 4.67. The monoisotopic (exact) mass is 337 g/mol. The maximum absolute atomic E-state index is 12.4. The second-order valence-corrected chi connectivity index (χ2v) is 5.21. The Balaban J connectivity index is 1.97. The molecule has 0 atom stereocenters. The van der Waals surface area contributed by atoms with Crippen molar-refractivity contribution in [3.8, 4) is 0 Å². The van der Waals surface area contributed by atoms with Crippen LogP contribution in [0.4, 0.5) is 19.0 Å². The molecular formula is C12H15BrF3N3. The molecular weight excluding hydrogens is 323 g/mol. The van der Waals surface area contributed by atoms with E-state index in [2.05, 4.69) is 25.8 Å². The number of halogens is 4. The van der Waals surface area contributed by atoms with Crippen LogP contribution >= 0.6 is 15.9 Å². The summed E-state index contributed by atoms with van der Waals surface area (Å²) in [6.07, 6.45) is -3.42. The van der Waals surface area contributed by atoms with Gasteiger partial charge in [0.1, 0.15) is 5.82 Å². The van der Waals surface area contributed by atoms with E-state index in [4.69, 9.17) is 0 Å². The standard InChI is InChI=1S/C12H15BrF3N3/c13-3-4-18-5-7-19(8-6-18)11-2-1-10(9-17-11)12(14,15)16/h1-2,9H,3-8H2. The summed E-state index contributed by atoms with van der Waals surface area (Å²) in [7, 11) is 0. The molecule has 7 heteroatoms. The van der Waals surface area contributed by atoms with Crippen molar-refractivity contribution in [2.45, 2.75) is 6.18 Å². The molecule has 1 aliphatic heterocycles. The molecule has 0 aliphatic carbocycles. The second-order valence-electron chi connectivity index (χ2n) is 4.42. The number of alkyl halides is 4. The zero-order valence-electron chi connectivity index (χ0n) is 10.3. The minimum absolute atomic E-state index is 0.617. The molecule has 0 saturated carbocycles. The Morgan fingerprint density at radius 3 is 2.32 bits per heavy atom. The van der Waals surface area contributed by atoms with Crippen LogP contribution in [0.25, 0.3) is 0 Å². The van der Waals surface area contributed by atoms with Crippen LogP contribution in [0.1, 0.15) is 5.56 Å². The van der Waals surface area contributed by atoms with E-state index in [1.54, 1.807) is 0 Å². The van der Waals surface area contributed by atoms with Gasteiger partial charge in [-0.3, -0.25) is 4.90 Å². The Morgan fingerprint density at radius 1 is 1.16 bits per heavy atom. The van der Waals surface area contributed by atoms with E-state index in [0.29, 0.717) is 5.82 Å². The number of aromatic nitrogens is 1. The van der Waals surface area contributed by atoms with Crippen LogP contribution in [0.3, 0.4) is 0 Å². The molecule has 0 aromatic carbocycles. The molecule has 1 saturated heterocycles. The lowest BCUT2D eigenvalue weighted by Crippen LogP contribution is -2.47. The number of anilines is 1. The van der Waals surface area contributed by atoms with E-state index in [9.17, 15) is 13.2 Å². The number of pyridine rings is 1. The maximum atomic E-state index is 12.4. The van der Waals surface area contributed by atoms with E-state index in [1.807, 2.05) is 4.90 Å². The Hall–Kier alpha value is -0.820. The Labute approximate surface area is 118 Å². The van der Waals surface area contributed by atoms with Crippen LogP contribution in [-0.4, -0.2) is 47.9 Å². The SMILES string of the molecule is FC(F)(F)c1ccc(N2CCN(CCBr)CC2)nc1. The summed E-state index contributed by atoms with van der Waals surface area (Å²) in [6, 6.07) is 2.54. The molecule has 19 heavy (non-hydrogen) atoms. The summed E-state index contributed by atoms with van der Waals surface area (Å²) in [6.45, 7) is 4.41. The number of hydrogen-bond acceptors (Lipinski definition) is 3. The summed E-state index contributed by atoms with van der Waals surface area (Å²) in [5, 5.41) is 0.936. The lowest BCUT2D eigenvalue weighted by atomic mass is 10.2. The van der Waals surface area contributed by atoms with Gasteiger partial charge in [-0.2, -0.15) is 13.2 Å². The molecule has 2 rings (SSSR count). The van der Waals surface area contributed by atoms with Crippen molar-refractivity contribution in [1.29, 1.82) is 0 Å². The van der Waals surface area contributed by atoms with Crippen LogP contribution in [-0.2, 0) is 6.18 Å². The molecule has 106 valence electrons. The van der Waals surface area contributed by atoms with Crippen molar-refractivity contribution in [1.82, 2.24) is 9.88 Å². The van der Waals surface area contributed by atoms with E-state index < -0.39 is 11.7 Å². The minimum Gasteiger partial charge on any atom is -0.354 e. The first-order valence-electron chi connectivity index (χ1n) is 6.07. The lowest BCUT2D eigenvalue weighted by molar-refractivity contribution is -0.137. The normalized spacial score (nSPS) is 17.8. The molecule has 1 fully saturated rings. The summed E-state index contributed by atoms with van der Waals surface area (Å²) >= 11 is 3.40. The summed E-state index contributed by atoms with van der Waals surface area (Å²) in [5.74, 6) is 0.617. The van der Waals surface area contributed by atoms with Gasteiger partial charge in [0.2, 0.25) is 0 Å². The quantitative estimate of drug-likeness (QED) is 0.790. The van der Waals surface area contributed by atoms with Crippen molar-refractivity contribution < 1.29 is 13.2 Å². The minimum atomic E-state index is -4.32. The van der Waals surface area contributed by atoms with Gasteiger partial charge in [-0.15, -0.1) is 0 Å². The van der Waals surface area contributed by atoms with E-state index in [0.717, 1.165) is 50.3 Å². The summed E-state index contributed by atoms with van der Waals surface area (Å²) in [4.78, 5) is 8.25. The number of nitrogens with zero attached hydrogens (tertiary/aromatic N) is 3. The molecule has 0 unspecified atom stereocenters. The van der Waals surface area contributed by atoms with Crippen molar-refractivity contribution in [3.05, 3.63) is 23.9 Å². The Morgan fingerprint density at radius 2 is 1.84 bits per heavy atom. The van der Waals surface area contributed by atoms with Crippen molar-refractivity contribution in [3.63, 3.8) is 0 Å². The first-order valence-corrected chi connectivity index (χ1v) is 7.19. The van der Waals surface area contributed by atoms with Crippen LogP contribution in [0.15, 0.2) is 18.3 Å². The van der Waals surface area contributed by atoms with E-state index in [1.165, 1.54) is 6.07 Å². The molecule has 2 heterocycles. The average Bonchev–Trinajstić information content (AvgIpc) is 2.39. The molecule has 1 aromatic heterocycles. The number of rotatable bonds is 3. The molecule has 0 amide bonds.